The minimum atomic E-state index is 0.130. The number of carbonyl (C=O) groups is 1. The van der Waals surface area contributed by atoms with E-state index in [-0.39, 0.29) is 10.8 Å². The van der Waals surface area contributed by atoms with E-state index in [0.717, 1.165) is 25.9 Å². The number of piperidine rings is 1. The molecule has 1 fully saturated rings. The van der Waals surface area contributed by atoms with Gasteiger partial charge < -0.3 is 10.2 Å². The summed E-state index contributed by atoms with van der Waals surface area (Å²) in [6.07, 6.45) is 5.40. The van der Waals surface area contributed by atoms with E-state index in [9.17, 15) is 4.79 Å². The SMILES string of the molecule is CSC(=O)N1CCCCC1CNC(C)(C)C. The Morgan fingerprint density at radius 2 is 2.12 bits per heavy atom. The smallest absolute Gasteiger partial charge is 0.281 e. The quantitative estimate of drug-likeness (QED) is 0.810. The van der Waals surface area contributed by atoms with Crippen molar-refractivity contribution in [2.45, 2.75) is 51.6 Å². The number of rotatable bonds is 2. The molecule has 0 saturated carbocycles. The third-order valence-electron chi connectivity index (χ3n) is 2.90. The van der Waals surface area contributed by atoms with Gasteiger partial charge in [0.25, 0.3) is 5.24 Å². The lowest BCUT2D eigenvalue weighted by Gasteiger charge is -2.37. The number of likely N-dealkylation sites (tertiary alicyclic amines) is 1. The zero-order valence-corrected chi connectivity index (χ0v) is 11.7. The average Bonchev–Trinajstić information content (AvgIpc) is 2.25. The predicted octanol–water partition coefficient (Wildman–Crippen LogP) is 2.71. The van der Waals surface area contributed by atoms with E-state index in [1.807, 2.05) is 11.2 Å². The zero-order valence-electron chi connectivity index (χ0n) is 10.9. The van der Waals surface area contributed by atoms with Crippen LogP contribution in [0.2, 0.25) is 0 Å². The van der Waals surface area contributed by atoms with E-state index >= 15 is 0 Å². The highest BCUT2D eigenvalue weighted by Crippen LogP contribution is 2.20. The Hall–Kier alpha value is -0.220. The lowest BCUT2D eigenvalue weighted by molar-refractivity contribution is 0.166. The molecule has 1 amide bonds. The van der Waals surface area contributed by atoms with Crippen molar-refractivity contribution >= 4 is 17.0 Å². The highest BCUT2D eigenvalue weighted by Gasteiger charge is 2.26. The number of carbonyl (C=O) groups excluding carboxylic acids is 1. The highest BCUT2D eigenvalue weighted by molar-refractivity contribution is 8.12. The monoisotopic (exact) mass is 244 g/mol. The lowest BCUT2D eigenvalue weighted by atomic mass is 10.0. The Morgan fingerprint density at radius 3 is 2.69 bits per heavy atom. The molecule has 4 heteroatoms. The van der Waals surface area contributed by atoms with Gasteiger partial charge in [-0.25, -0.2) is 0 Å². The van der Waals surface area contributed by atoms with E-state index in [1.165, 1.54) is 18.2 Å². The number of thioether (sulfide) groups is 1. The molecule has 1 saturated heterocycles. The molecule has 0 aromatic heterocycles. The Kier molecular flexibility index (Phi) is 5.12. The average molecular weight is 244 g/mol. The first-order valence-electron chi connectivity index (χ1n) is 6.03. The number of hydrogen-bond donors (Lipinski definition) is 1. The van der Waals surface area contributed by atoms with Gasteiger partial charge in [0, 0.05) is 24.7 Å². The van der Waals surface area contributed by atoms with Crippen LogP contribution in [0, 0.1) is 0 Å². The minimum Gasteiger partial charge on any atom is -0.329 e. The van der Waals surface area contributed by atoms with Crippen molar-refractivity contribution < 1.29 is 4.79 Å². The fraction of sp³-hybridized carbons (Fsp3) is 0.917. The predicted molar refractivity (Wildman–Crippen MR) is 71.0 cm³/mol. The maximum absolute atomic E-state index is 11.8. The summed E-state index contributed by atoms with van der Waals surface area (Å²) >= 11 is 1.33. The fourth-order valence-corrected chi connectivity index (χ4v) is 2.47. The molecule has 1 rings (SSSR count). The second kappa shape index (κ2) is 5.92. The summed E-state index contributed by atoms with van der Waals surface area (Å²) in [5.74, 6) is 0. The largest absolute Gasteiger partial charge is 0.329 e. The van der Waals surface area contributed by atoms with Gasteiger partial charge in [0.15, 0.2) is 0 Å². The number of amides is 1. The molecule has 16 heavy (non-hydrogen) atoms. The normalized spacial score (nSPS) is 22.2. The highest BCUT2D eigenvalue weighted by atomic mass is 32.2. The number of hydrogen-bond acceptors (Lipinski definition) is 3. The molecule has 1 aliphatic heterocycles. The van der Waals surface area contributed by atoms with Crippen molar-refractivity contribution in [3.8, 4) is 0 Å². The molecule has 1 unspecified atom stereocenters. The molecule has 1 N–H and O–H groups in total. The summed E-state index contributed by atoms with van der Waals surface area (Å²) in [5.41, 5.74) is 0.130. The van der Waals surface area contributed by atoms with Crippen LogP contribution in [-0.2, 0) is 0 Å². The van der Waals surface area contributed by atoms with E-state index in [2.05, 4.69) is 26.1 Å². The van der Waals surface area contributed by atoms with Crippen LogP contribution in [0.4, 0.5) is 4.79 Å². The van der Waals surface area contributed by atoms with Crippen LogP contribution >= 0.6 is 11.8 Å². The van der Waals surface area contributed by atoms with Crippen LogP contribution in [0.5, 0.6) is 0 Å². The van der Waals surface area contributed by atoms with Crippen molar-refractivity contribution in [2.75, 3.05) is 19.3 Å². The molecule has 0 radical (unpaired) electrons. The summed E-state index contributed by atoms with van der Waals surface area (Å²) in [5, 5.41) is 3.72. The molecular weight excluding hydrogens is 220 g/mol. The van der Waals surface area contributed by atoms with E-state index < -0.39 is 0 Å². The standard InChI is InChI=1S/C12H24N2OS/c1-12(2,3)13-9-10-7-5-6-8-14(10)11(15)16-4/h10,13H,5-9H2,1-4H3. The molecule has 0 aromatic carbocycles. The summed E-state index contributed by atoms with van der Waals surface area (Å²) < 4.78 is 0. The maximum Gasteiger partial charge on any atom is 0.281 e. The van der Waals surface area contributed by atoms with Crippen LogP contribution in [0.1, 0.15) is 40.0 Å². The van der Waals surface area contributed by atoms with Gasteiger partial charge >= 0.3 is 0 Å². The molecule has 1 atom stereocenters. The maximum atomic E-state index is 11.8. The molecule has 94 valence electrons. The summed E-state index contributed by atoms with van der Waals surface area (Å²) in [6, 6.07) is 0.382. The first-order chi connectivity index (χ1) is 7.44. The van der Waals surface area contributed by atoms with Crippen molar-refractivity contribution in [1.29, 1.82) is 0 Å². The Balaban J connectivity index is 2.50. The van der Waals surface area contributed by atoms with E-state index in [4.69, 9.17) is 0 Å². The molecular formula is C12H24N2OS. The first-order valence-corrected chi connectivity index (χ1v) is 7.26. The molecule has 3 nitrogen and oxygen atoms in total. The van der Waals surface area contributed by atoms with Gasteiger partial charge in [0.2, 0.25) is 0 Å². The van der Waals surface area contributed by atoms with Gasteiger partial charge in [-0.15, -0.1) is 0 Å². The Bertz CT molecular complexity index is 238. The van der Waals surface area contributed by atoms with E-state index in [0.29, 0.717) is 6.04 Å². The van der Waals surface area contributed by atoms with Crippen molar-refractivity contribution in [3.63, 3.8) is 0 Å². The van der Waals surface area contributed by atoms with Crippen LogP contribution in [0.3, 0.4) is 0 Å². The first kappa shape index (κ1) is 13.8. The zero-order chi connectivity index (χ0) is 12.2. The number of nitrogens with one attached hydrogen (secondary N) is 1. The van der Waals surface area contributed by atoms with Crippen LogP contribution in [0.25, 0.3) is 0 Å². The molecule has 0 aromatic rings. The van der Waals surface area contributed by atoms with E-state index in [1.54, 1.807) is 0 Å². The molecule has 1 heterocycles. The third kappa shape index (κ3) is 4.34. The van der Waals surface area contributed by atoms with Gasteiger partial charge in [0.1, 0.15) is 0 Å². The third-order valence-corrected chi connectivity index (χ3v) is 3.49. The fourth-order valence-electron chi connectivity index (χ4n) is 1.99. The Morgan fingerprint density at radius 1 is 1.44 bits per heavy atom. The summed E-state index contributed by atoms with van der Waals surface area (Å²) in [6.45, 7) is 8.33. The summed E-state index contributed by atoms with van der Waals surface area (Å²) in [4.78, 5) is 13.8. The van der Waals surface area contributed by atoms with Crippen LogP contribution < -0.4 is 5.32 Å². The van der Waals surface area contributed by atoms with Gasteiger partial charge in [-0.3, -0.25) is 4.79 Å². The van der Waals surface area contributed by atoms with Gasteiger partial charge in [0.05, 0.1) is 0 Å². The van der Waals surface area contributed by atoms with Gasteiger partial charge in [-0.1, -0.05) is 11.8 Å². The second-order valence-corrected chi connectivity index (χ2v) is 6.20. The van der Waals surface area contributed by atoms with Gasteiger partial charge in [-0.05, 0) is 46.3 Å². The van der Waals surface area contributed by atoms with Crippen LogP contribution in [-0.4, -0.2) is 41.1 Å². The second-order valence-electron chi connectivity index (χ2n) is 5.44. The molecule has 1 aliphatic rings. The Labute approximate surface area is 103 Å². The molecule has 0 aliphatic carbocycles. The molecule has 0 bridgehead atoms. The van der Waals surface area contributed by atoms with Crippen LogP contribution in [0.15, 0.2) is 0 Å². The van der Waals surface area contributed by atoms with Gasteiger partial charge in [-0.2, -0.15) is 0 Å². The lowest BCUT2D eigenvalue weighted by Crippen LogP contribution is -2.50. The summed E-state index contributed by atoms with van der Waals surface area (Å²) in [7, 11) is 0. The molecule has 0 spiro atoms. The topological polar surface area (TPSA) is 32.3 Å². The number of nitrogens with zero attached hydrogens (tertiary/aromatic N) is 1. The van der Waals surface area contributed by atoms with Crippen molar-refractivity contribution in [2.24, 2.45) is 0 Å². The minimum absolute atomic E-state index is 0.130. The van der Waals surface area contributed by atoms with Crippen molar-refractivity contribution in [1.82, 2.24) is 10.2 Å². The van der Waals surface area contributed by atoms with Crippen molar-refractivity contribution in [3.05, 3.63) is 0 Å².